The lowest BCUT2D eigenvalue weighted by molar-refractivity contribution is 1.07. The Morgan fingerprint density at radius 1 is 0.426 bits per heavy atom. The standard InChI is InChI=1S/C40H24N6S/c1-3-10-25(11-4-1)26-18-20-28(21-19-26)38-44-37(27-12-5-2-6-13-27)45-39(46-38)31-16-9-15-30(22-31)34-36-35(42-24-41-34)32-23-29-14-7-8-17-33(29)43-40(32)47-36/h1-24H. The molecule has 0 aliphatic rings. The van der Waals surface area contributed by atoms with Gasteiger partial charge in [-0.25, -0.2) is 29.9 Å². The van der Waals surface area contributed by atoms with E-state index in [9.17, 15) is 0 Å². The van der Waals surface area contributed by atoms with Crippen LogP contribution >= 0.6 is 11.3 Å². The van der Waals surface area contributed by atoms with E-state index in [1.807, 2.05) is 78.9 Å². The molecule has 0 fully saturated rings. The van der Waals surface area contributed by atoms with Gasteiger partial charge in [-0.1, -0.05) is 121 Å². The lowest BCUT2D eigenvalue weighted by atomic mass is 10.0. The third kappa shape index (κ3) is 4.99. The summed E-state index contributed by atoms with van der Waals surface area (Å²) in [5, 5.41) is 2.13. The van der Waals surface area contributed by atoms with Gasteiger partial charge in [-0.3, -0.25) is 0 Å². The molecule has 9 rings (SSSR count). The van der Waals surface area contributed by atoms with Gasteiger partial charge in [0.1, 0.15) is 11.2 Å². The monoisotopic (exact) mass is 620 g/mol. The summed E-state index contributed by atoms with van der Waals surface area (Å²) in [4.78, 5) is 30.2. The Morgan fingerprint density at radius 3 is 1.77 bits per heavy atom. The molecule has 47 heavy (non-hydrogen) atoms. The molecule has 7 heteroatoms. The molecule has 9 aromatic rings. The van der Waals surface area contributed by atoms with Crippen LogP contribution in [0.4, 0.5) is 0 Å². The minimum absolute atomic E-state index is 0.595. The van der Waals surface area contributed by atoms with E-state index < -0.39 is 0 Å². The SMILES string of the molecule is c1ccc(-c2ccc(-c3nc(-c4ccccc4)nc(-c4cccc(-c5ncnc6c5sc5nc7ccccc7cc56)c4)n3)cc2)cc1. The van der Waals surface area contributed by atoms with Gasteiger partial charge in [0.15, 0.2) is 17.5 Å². The van der Waals surface area contributed by atoms with Crippen LogP contribution in [0.3, 0.4) is 0 Å². The zero-order valence-corrected chi connectivity index (χ0v) is 25.8. The molecule has 0 saturated carbocycles. The van der Waals surface area contributed by atoms with Crippen LogP contribution in [0.15, 0.2) is 146 Å². The van der Waals surface area contributed by atoms with Crippen molar-refractivity contribution in [1.82, 2.24) is 29.9 Å². The van der Waals surface area contributed by atoms with Gasteiger partial charge in [0.2, 0.25) is 0 Å². The number of para-hydroxylation sites is 1. The fourth-order valence-corrected chi connectivity index (χ4v) is 7.04. The van der Waals surface area contributed by atoms with E-state index in [-0.39, 0.29) is 0 Å². The van der Waals surface area contributed by atoms with Crippen molar-refractivity contribution in [3.05, 3.63) is 146 Å². The second kappa shape index (κ2) is 11.3. The minimum Gasteiger partial charge on any atom is -0.237 e. The molecule has 0 amide bonds. The van der Waals surface area contributed by atoms with Crippen molar-refractivity contribution >= 4 is 42.7 Å². The largest absolute Gasteiger partial charge is 0.237 e. The van der Waals surface area contributed by atoms with Crippen molar-refractivity contribution in [3.8, 4) is 56.5 Å². The predicted molar refractivity (Wildman–Crippen MR) is 191 cm³/mol. The minimum atomic E-state index is 0.595. The Balaban J connectivity index is 1.16. The van der Waals surface area contributed by atoms with Gasteiger partial charge in [-0.05, 0) is 29.3 Å². The number of rotatable bonds is 5. The van der Waals surface area contributed by atoms with Crippen LogP contribution in [0, 0.1) is 0 Å². The summed E-state index contributed by atoms with van der Waals surface area (Å²) < 4.78 is 1.00. The first kappa shape index (κ1) is 27.2. The van der Waals surface area contributed by atoms with Gasteiger partial charge < -0.3 is 0 Å². The van der Waals surface area contributed by atoms with E-state index in [4.69, 9.17) is 24.9 Å². The number of pyridine rings is 1. The molecule has 0 radical (unpaired) electrons. The van der Waals surface area contributed by atoms with E-state index in [2.05, 4.69) is 65.6 Å². The average Bonchev–Trinajstić information content (AvgIpc) is 3.52. The summed E-state index contributed by atoms with van der Waals surface area (Å²) >= 11 is 1.62. The Bertz CT molecular complexity index is 2560. The Kier molecular flexibility index (Phi) is 6.54. The van der Waals surface area contributed by atoms with E-state index in [0.717, 1.165) is 64.8 Å². The fraction of sp³-hybridized carbons (Fsp3) is 0. The van der Waals surface area contributed by atoms with Crippen molar-refractivity contribution in [3.63, 3.8) is 0 Å². The lowest BCUT2D eigenvalue weighted by Gasteiger charge is -2.10. The van der Waals surface area contributed by atoms with Crippen LogP contribution in [0.2, 0.25) is 0 Å². The molecule has 0 saturated heterocycles. The number of hydrogen-bond donors (Lipinski definition) is 0. The molecule has 0 unspecified atom stereocenters. The van der Waals surface area contributed by atoms with Gasteiger partial charge >= 0.3 is 0 Å². The summed E-state index contributed by atoms with van der Waals surface area (Å²) in [7, 11) is 0. The highest BCUT2D eigenvalue weighted by atomic mass is 32.1. The zero-order valence-electron chi connectivity index (χ0n) is 24.9. The summed E-state index contributed by atoms with van der Waals surface area (Å²) in [6.07, 6.45) is 1.64. The van der Waals surface area contributed by atoms with E-state index in [0.29, 0.717) is 17.5 Å². The highest BCUT2D eigenvalue weighted by Crippen LogP contribution is 2.39. The maximum absolute atomic E-state index is 5.00. The molecule has 0 bridgehead atoms. The van der Waals surface area contributed by atoms with Gasteiger partial charge in [0.25, 0.3) is 0 Å². The molecule has 0 aliphatic carbocycles. The number of hydrogen-bond acceptors (Lipinski definition) is 7. The summed E-state index contributed by atoms with van der Waals surface area (Å²) in [6.45, 7) is 0. The second-order valence-electron chi connectivity index (χ2n) is 11.2. The molecule has 0 aliphatic heterocycles. The van der Waals surface area contributed by atoms with Gasteiger partial charge in [-0.2, -0.15) is 0 Å². The number of nitrogens with zero attached hydrogens (tertiary/aromatic N) is 6. The first-order valence-corrected chi connectivity index (χ1v) is 16.1. The van der Waals surface area contributed by atoms with E-state index in [1.165, 1.54) is 5.56 Å². The third-order valence-corrected chi connectivity index (χ3v) is 9.35. The molecule has 0 N–H and O–H groups in total. The molecule has 0 atom stereocenters. The molecular formula is C40H24N6S. The maximum atomic E-state index is 5.00. The van der Waals surface area contributed by atoms with Crippen molar-refractivity contribution < 1.29 is 0 Å². The smallest absolute Gasteiger partial charge is 0.164 e. The molecule has 5 aromatic carbocycles. The van der Waals surface area contributed by atoms with Gasteiger partial charge in [0, 0.05) is 33.0 Å². The van der Waals surface area contributed by atoms with Crippen molar-refractivity contribution in [2.75, 3.05) is 0 Å². The van der Waals surface area contributed by atoms with E-state index in [1.54, 1.807) is 17.7 Å². The maximum Gasteiger partial charge on any atom is 0.164 e. The topological polar surface area (TPSA) is 77.3 Å². The van der Waals surface area contributed by atoms with Crippen molar-refractivity contribution in [2.24, 2.45) is 0 Å². The molecule has 0 spiro atoms. The highest BCUT2D eigenvalue weighted by molar-refractivity contribution is 7.25. The second-order valence-corrected chi connectivity index (χ2v) is 12.2. The van der Waals surface area contributed by atoms with E-state index >= 15 is 0 Å². The summed E-state index contributed by atoms with van der Waals surface area (Å²) in [5.74, 6) is 1.83. The number of benzene rings is 5. The third-order valence-electron chi connectivity index (χ3n) is 8.26. The molecule has 220 valence electrons. The number of aromatic nitrogens is 6. The quantitative estimate of drug-likeness (QED) is 0.191. The van der Waals surface area contributed by atoms with Gasteiger partial charge in [-0.15, -0.1) is 11.3 Å². The first-order chi connectivity index (χ1) is 23.3. The van der Waals surface area contributed by atoms with Crippen LogP contribution in [-0.2, 0) is 0 Å². The summed E-state index contributed by atoms with van der Waals surface area (Å²) in [5.41, 5.74) is 8.73. The van der Waals surface area contributed by atoms with Crippen LogP contribution in [0.5, 0.6) is 0 Å². The predicted octanol–water partition coefficient (Wildman–Crippen LogP) is 9.91. The molecule has 6 nitrogen and oxygen atoms in total. The Labute approximate surface area is 274 Å². The van der Waals surface area contributed by atoms with Gasteiger partial charge in [0.05, 0.1) is 21.4 Å². The molecule has 4 aromatic heterocycles. The number of thiophene rings is 1. The van der Waals surface area contributed by atoms with Crippen molar-refractivity contribution in [2.45, 2.75) is 0 Å². The average molecular weight is 621 g/mol. The number of fused-ring (bicyclic) bond motifs is 4. The molecule has 4 heterocycles. The van der Waals surface area contributed by atoms with Crippen LogP contribution < -0.4 is 0 Å². The highest BCUT2D eigenvalue weighted by Gasteiger charge is 2.17. The van der Waals surface area contributed by atoms with Crippen LogP contribution in [-0.4, -0.2) is 29.9 Å². The normalized spacial score (nSPS) is 11.4. The first-order valence-electron chi connectivity index (χ1n) is 15.3. The van der Waals surface area contributed by atoms with Crippen LogP contribution in [0.1, 0.15) is 0 Å². The zero-order chi connectivity index (χ0) is 31.2. The lowest BCUT2D eigenvalue weighted by Crippen LogP contribution is -2.00. The fourth-order valence-electron chi connectivity index (χ4n) is 5.91. The van der Waals surface area contributed by atoms with Crippen LogP contribution in [0.25, 0.3) is 87.9 Å². The molecular weight excluding hydrogens is 597 g/mol. The Morgan fingerprint density at radius 2 is 1.00 bits per heavy atom. The Hall–Kier alpha value is -6.18. The van der Waals surface area contributed by atoms with Crippen molar-refractivity contribution in [1.29, 1.82) is 0 Å². The summed E-state index contributed by atoms with van der Waals surface area (Å²) in [6, 6.07) is 47.3.